The van der Waals surface area contributed by atoms with E-state index in [9.17, 15) is 4.79 Å². The number of nitrogens with one attached hydrogen (secondary N) is 2. The Balaban J connectivity index is 1.92. The average molecular weight is 344 g/mol. The van der Waals surface area contributed by atoms with Gasteiger partial charge in [-0.2, -0.15) is 5.10 Å². The Morgan fingerprint density at radius 1 is 1.29 bits per heavy atom. The fourth-order valence-corrected chi connectivity index (χ4v) is 2.62. The molecular formula is C18H18ClN3O2. The quantitative estimate of drug-likeness (QED) is 0.693. The number of carbonyl (C=O) groups excluding carboxylic acids is 1. The third-order valence-electron chi connectivity index (χ3n) is 3.50. The number of amides is 1. The van der Waals surface area contributed by atoms with Gasteiger partial charge >= 0.3 is 6.09 Å². The van der Waals surface area contributed by atoms with Gasteiger partial charge in [0.05, 0.1) is 17.1 Å². The summed E-state index contributed by atoms with van der Waals surface area (Å²) in [5.41, 5.74) is 2.63. The maximum atomic E-state index is 11.9. The average Bonchev–Trinajstić information content (AvgIpc) is 2.94. The molecule has 3 aromatic rings. The summed E-state index contributed by atoms with van der Waals surface area (Å²) < 4.78 is 5.13. The number of nitrogens with zero attached hydrogens (tertiary/aromatic N) is 1. The number of rotatable bonds is 4. The van der Waals surface area contributed by atoms with Gasteiger partial charge in [0.1, 0.15) is 0 Å². The van der Waals surface area contributed by atoms with Crippen LogP contribution in [0.3, 0.4) is 0 Å². The zero-order valence-electron chi connectivity index (χ0n) is 13.5. The van der Waals surface area contributed by atoms with Gasteiger partial charge in [0.2, 0.25) is 0 Å². The van der Waals surface area contributed by atoms with Gasteiger partial charge in [-0.3, -0.25) is 10.4 Å². The number of benzene rings is 2. The lowest BCUT2D eigenvalue weighted by atomic mass is 10.0. The normalized spacial score (nSPS) is 11.0. The topological polar surface area (TPSA) is 67.0 Å². The summed E-state index contributed by atoms with van der Waals surface area (Å²) in [6.45, 7) is 4.31. The molecule has 0 aliphatic heterocycles. The second-order valence-corrected chi connectivity index (χ2v) is 6.34. The number of H-pyrrole nitrogens is 1. The molecule has 124 valence electrons. The Kier molecular flexibility index (Phi) is 4.71. The van der Waals surface area contributed by atoms with Gasteiger partial charge in [-0.1, -0.05) is 55.8 Å². The highest BCUT2D eigenvalue weighted by molar-refractivity contribution is 6.34. The van der Waals surface area contributed by atoms with Crippen molar-refractivity contribution in [3.63, 3.8) is 0 Å². The van der Waals surface area contributed by atoms with Crippen LogP contribution in [-0.4, -0.2) is 22.9 Å². The van der Waals surface area contributed by atoms with Crippen molar-refractivity contribution in [1.82, 2.24) is 10.2 Å². The third-order valence-corrected chi connectivity index (χ3v) is 3.82. The lowest BCUT2D eigenvalue weighted by Gasteiger charge is -2.08. The van der Waals surface area contributed by atoms with Crippen LogP contribution < -0.4 is 5.32 Å². The van der Waals surface area contributed by atoms with Gasteiger partial charge in [-0.25, -0.2) is 4.79 Å². The fourth-order valence-electron chi connectivity index (χ4n) is 2.35. The highest BCUT2D eigenvalue weighted by atomic mass is 35.5. The number of anilines is 1. The monoisotopic (exact) mass is 343 g/mol. The number of aromatic nitrogens is 2. The second-order valence-electron chi connectivity index (χ2n) is 5.93. The van der Waals surface area contributed by atoms with Crippen LogP contribution in [0, 0.1) is 5.92 Å². The summed E-state index contributed by atoms with van der Waals surface area (Å²) in [6.07, 6.45) is -0.520. The summed E-state index contributed by atoms with van der Waals surface area (Å²) in [5.74, 6) is 0.697. The SMILES string of the molecule is CC(C)COC(=O)Nc1n[nH]c2cc(Cl)c(-c3ccccc3)cc12. The van der Waals surface area contributed by atoms with Crippen LogP contribution in [0.2, 0.25) is 5.02 Å². The number of aromatic amines is 1. The first-order chi connectivity index (χ1) is 11.5. The minimum absolute atomic E-state index is 0.273. The molecule has 0 fully saturated rings. The standard InChI is InChI=1S/C18H18ClN3O2/c1-11(2)10-24-18(23)20-17-14-8-13(12-6-4-3-5-7-12)15(19)9-16(14)21-22-17/h3-9,11H,10H2,1-2H3,(H2,20,21,22,23). The molecule has 0 spiro atoms. The summed E-state index contributed by atoms with van der Waals surface area (Å²) in [4.78, 5) is 11.9. The smallest absolute Gasteiger partial charge is 0.412 e. The molecule has 1 amide bonds. The molecule has 2 N–H and O–H groups in total. The Morgan fingerprint density at radius 3 is 2.75 bits per heavy atom. The van der Waals surface area contributed by atoms with Gasteiger partial charge in [-0.05, 0) is 23.6 Å². The Morgan fingerprint density at radius 2 is 2.04 bits per heavy atom. The van der Waals surface area contributed by atoms with Crippen molar-refractivity contribution >= 4 is 34.4 Å². The van der Waals surface area contributed by atoms with E-state index in [1.165, 1.54) is 0 Å². The van der Waals surface area contributed by atoms with Crippen molar-refractivity contribution < 1.29 is 9.53 Å². The lowest BCUT2D eigenvalue weighted by molar-refractivity contribution is 0.147. The predicted molar refractivity (Wildman–Crippen MR) is 96.3 cm³/mol. The number of fused-ring (bicyclic) bond motifs is 1. The van der Waals surface area contributed by atoms with E-state index in [0.717, 1.165) is 22.0 Å². The molecule has 0 unspecified atom stereocenters. The molecule has 0 bridgehead atoms. The molecule has 6 heteroatoms. The van der Waals surface area contributed by atoms with Crippen molar-refractivity contribution in [3.05, 3.63) is 47.5 Å². The first-order valence-corrected chi connectivity index (χ1v) is 8.09. The van der Waals surface area contributed by atoms with Crippen molar-refractivity contribution in [3.8, 4) is 11.1 Å². The zero-order valence-corrected chi connectivity index (χ0v) is 14.2. The zero-order chi connectivity index (χ0) is 17.1. The predicted octanol–water partition coefficient (Wildman–Crippen LogP) is 5.09. The van der Waals surface area contributed by atoms with Crippen LogP contribution in [0.4, 0.5) is 10.6 Å². The minimum Gasteiger partial charge on any atom is -0.449 e. The maximum Gasteiger partial charge on any atom is 0.412 e. The first kappa shape index (κ1) is 16.3. The molecule has 3 rings (SSSR count). The number of hydrogen-bond acceptors (Lipinski definition) is 3. The van der Waals surface area contributed by atoms with E-state index in [2.05, 4.69) is 15.5 Å². The van der Waals surface area contributed by atoms with E-state index in [4.69, 9.17) is 16.3 Å². The molecular weight excluding hydrogens is 326 g/mol. The molecule has 0 saturated carbocycles. The van der Waals surface area contributed by atoms with Gasteiger partial charge in [-0.15, -0.1) is 0 Å². The lowest BCUT2D eigenvalue weighted by Crippen LogP contribution is -2.16. The molecule has 0 saturated heterocycles. The number of ether oxygens (including phenoxy) is 1. The van der Waals surface area contributed by atoms with Crippen LogP contribution in [0.15, 0.2) is 42.5 Å². The number of carbonyl (C=O) groups is 1. The summed E-state index contributed by atoms with van der Waals surface area (Å²) in [6, 6.07) is 13.5. The molecule has 24 heavy (non-hydrogen) atoms. The number of halogens is 1. The second kappa shape index (κ2) is 6.93. The van der Waals surface area contributed by atoms with E-state index < -0.39 is 6.09 Å². The van der Waals surface area contributed by atoms with E-state index in [1.54, 1.807) is 6.07 Å². The largest absolute Gasteiger partial charge is 0.449 e. The molecule has 2 aromatic carbocycles. The van der Waals surface area contributed by atoms with Crippen LogP contribution in [0.25, 0.3) is 22.0 Å². The van der Waals surface area contributed by atoms with Crippen LogP contribution in [-0.2, 0) is 4.74 Å². The van der Waals surface area contributed by atoms with E-state index in [-0.39, 0.29) is 5.92 Å². The van der Waals surface area contributed by atoms with Crippen LogP contribution in [0.1, 0.15) is 13.8 Å². The van der Waals surface area contributed by atoms with Gasteiger partial charge in [0, 0.05) is 10.9 Å². The van der Waals surface area contributed by atoms with Crippen molar-refractivity contribution in [2.75, 3.05) is 11.9 Å². The van der Waals surface area contributed by atoms with Crippen LogP contribution >= 0.6 is 11.6 Å². The third kappa shape index (κ3) is 3.51. The van der Waals surface area contributed by atoms with Crippen molar-refractivity contribution in [2.24, 2.45) is 5.92 Å². The Hall–Kier alpha value is -2.53. The van der Waals surface area contributed by atoms with Crippen molar-refractivity contribution in [1.29, 1.82) is 0 Å². The minimum atomic E-state index is -0.520. The summed E-state index contributed by atoms with van der Waals surface area (Å²) in [7, 11) is 0. The fraction of sp³-hybridized carbons (Fsp3) is 0.222. The molecule has 0 aliphatic rings. The van der Waals surface area contributed by atoms with Crippen molar-refractivity contribution in [2.45, 2.75) is 13.8 Å². The van der Waals surface area contributed by atoms with Crippen LogP contribution in [0.5, 0.6) is 0 Å². The van der Waals surface area contributed by atoms with E-state index >= 15 is 0 Å². The summed E-state index contributed by atoms with van der Waals surface area (Å²) in [5, 5.41) is 11.1. The highest BCUT2D eigenvalue weighted by Crippen LogP contribution is 2.33. The van der Waals surface area contributed by atoms with E-state index in [1.807, 2.05) is 50.2 Å². The maximum absolute atomic E-state index is 11.9. The molecule has 1 heterocycles. The van der Waals surface area contributed by atoms with Gasteiger partial charge < -0.3 is 4.74 Å². The highest BCUT2D eigenvalue weighted by Gasteiger charge is 2.14. The molecule has 0 atom stereocenters. The number of hydrogen-bond donors (Lipinski definition) is 2. The van der Waals surface area contributed by atoms with E-state index in [0.29, 0.717) is 17.4 Å². The molecule has 0 aliphatic carbocycles. The van der Waals surface area contributed by atoms with Gasteiger partial charge in [0.15, 0.2) is 5.82 Å². The Labute approximate surface area is 145 Å². The molecule has 1 aromatic heterocycles. The first-order valence-electron chi connectivity index (χ1n) is 7.71. The summed E-state index contributed by atoms with van der Waals surface area (Å²) >= 11 is 6.38. The Bertz CT molecular complexity index is 859. The van der Waals surface area contributed by atoms with Gasteiger partial charge in [0.25, 0.3) is 0 Å². The molecule has 5 nitrogen and oxygen atoms in total. The molecule has 0 radical (unpaired) electrons.